The van der Waals surface area contributed by atoms with Gasteiger partial charge in [0.2, 0.25) is 5.91 Å². The zero-order valence-corrected chi connectivity index (χ0v) is 16.4. The standard InChI is InChI=1S/C20H30N2O3.ClH/c1-24-17-10-9-15(13-18(17)25-16-7-3-4-8-16)14-22-19(23)20(21)11-5-2-6-12-20;/h9-10,13,16H,2-8,11-12,14,21H2,1H3,(H,22,23);1H. The lowest BCUT2D eigenvalue weighted by atomic mass is 9.82. The minimum Gasteiger partial charge on any atom is -0.493 e. The normalized spacial score (nSPS) is 19.5. The van der Waals surface area contributed by atoms with E-state index in [4.69, 9.17) is 15.2 Å². The van der Waals surface area contributed by atoms with Gasteiger partial charge in [-0.2, -0.15) is 0 Å². The molecule has 0 saturated heterocycles. The van der Waals surface area contributed by atoms with Gasteiger partial charge >= 0.3 is 0 Å². The van der Waals surface area contributed by atoms with Crippen LogP contribution in [0.5, 0.6) is 11.5 Å². The number of carbonyl (C=O) groups excluding carboxylic acids is 1. The van der Waals surface area contributed by atoms with Gasteiger partial charge in [0.1, 0.15) is 0 Å². The van der Waals surface area contributed by atoms with Crippen LogP contribution in [0.15, 0.2) is 18.2 Å². The first kappa shape index (κ1) is 20.8. The van der Waals surface area contributed by atoms with Crippen molar-refractivity contribution in [3.8, 4) is 11.5 Å². The highest BCUT2D eigenvalue weighted by atomic mass is 35.5. The van der Waals surface area contributed by atoms with Crippen LogP contribution in [0, 0.1) is 0 Å². The van der Waals surface area contributed by atoms with Crippen molar-refractivity contribution < 1.29 is 14.3 Å². The number of nitrogens with one attached hydrogen (secondary N) is 1. The number of benzene rings is 1. The van der Waals surface area contributed by atoms with E-state index in [-0.39, 0.29) is 24.4 Å². The molecule has 3 N–H and O–H groups in total. The fraction of sp³-hybridized carbons (Fsp3) is 0.650. The van der Waals surface area contributed by atoms with Crippen LogP contribution in [0.1, 0.15) is 63.4 Å². The van der Waals surface area contributed by atoms with Crippen molar-refractivity contribution in [2.45, 2.75) is 76.0 Å². The minimum atomic E-state index is -0.700. The Morgan fingerprint density at radius 3 is 2.50 bits per heavy atom. The van der Waals surface area contributed by atoms with E-state index in [9.17, 15) is 4.79 Å². The summed E-state index contributed by atoms with van der Waals surface area (Å²) in [6, 6.07) is 5.84. The lowest BCUT2D eigenvalue weighted by Gasteiger charge is -2.31. The molecule has 0 aromatic heterocycles. The van der Waals surface area contributed by atoms with Crippen LogP contribution in [0.2, 0.25) is 0 Å². The molecule has 1 amide bonds. The SMILES string of the molecule is COc1ccc(CNC(=O)C2(N)CCCCC2)cc1OC1CCCC1.Cl. The molecule has 0 aliphatic heterocycles. The van der Waals surface area contributed by atoms with Crippen LogP contribution in [-0.4, -0.2) is 24.7 Å². The monoisotopic (exact) mass is 382 g/mol. The Balaban J connectivity index is 0.00000243. The summed E-state index contributed by atoms with van der Waals surface area (Å²) in [6.45, 7) is 0.461. The van der Waals surface area contributed by atoms with Crippen molar-refractivity contribution in [2.24, 2.45) is 5.73 Å². The maximum Gasteiger partial charge on any atom is 0.240 e. The summed E-state index contributed by atoms with van der Waals surface area (Å²) in [5.74, 6) is 1.46. The Morgan fingerprint density at radius 1 is 1.15 bits per heavy atom. The van der Waals surface area contributed by atoms with Crippen molar-refractivity contribution >= 4 is 18.3 Å². The number of ether oxygens (including phenoxy) is 2. The van der Waals surface area contributed by atoms with Crippen LogP contribution in [0.4, 0.5) is 0 Å². The lowest BCUT2D eigenvalue weighted by molar-refractivity contribution is -0.127. The van der Waals surface area contributed by atoms with Crippen LogP contribution in [0.3, 0.4) is 0 Å². The Kier molecular flexibility index (Phi) is 7.59. The second-order valence-electron chi connectivity index (χ2n) is 7.41. The van der Waals surface area contributed by atoms with Gasteiger partial charge < -0.3 is 20.5 Å². The zero-order valence-electron chi connectivity index (χ0n) is 15.6. The number of halogens is 1. The Labute approximate surface area is 162 Å². The van der Waals surface area contributed by atoms with Crippen LogP contribution >= 0.6 is 12.4 Å². The summed E-state index contributed by atoms with van der Waals surface area (Å²) >= 11 is 0. The summed E-state index contributed by atoms with van der Waals surface area (Å²) < 4.78 is 11.5. The Hall–Kier alpha value is -1.46. The quantitative estimate of drug-likeness (QED) is 0.786. The van der Waals surface area contributed by atoms with E-state index >= 15 is 0 Å². The van der Waals surface area contributed by atoms with Gasteiger partial charge in [-0.25, -0.2) is 0 Å². The highest BCUT2D eigenvalue weighted by molar-refractivity contribution is 5.86. The molecule has 1 aromatic carbocycles. The average molecular weight is 383 g/mol. The summed E-state index contributed by atoms with van der Waals surface area (Å²) in [5, 5.41) is 3.01. The third kappa shape index (κ3) is 5.04. The van der Waals surface area contributed by atoms with E-state index in [1.165, 1.54) is 19.3 Å². The number of carbonyl (C=O) groups is 1. The number of methoxy groups -OCH3 is 1. The summed E-state index contributed by atoms with van der Waals surface area (Å²) in [4.78, 5) is 12.5. The predicted octanol–water partition coefficient (Wildman–Crippen LogP) is 3.72. The van der Waals surface area contributed by atoms with E-state index < -0.39 is 5.54 Å². The molecule has 146 valence electrons. The van der Waals surface area contributed by atoms with Crippen LogP contribution < -0.4 is 20.5 Å². The van der Waals surface area contributed by atoms with Gasteiger partial charge in [-0.15, -0.1) is 12.4 Å². The number of nitrogens with two attached hydrogens (primary N) is 1. The zero-order chi connectivity index (χ0) is 17.7. The molecular weight excluding hydrogens is 352 g/mol. The van der Waals surface area contributed by atoms with Crippen molar-refractivity contribution in [1.82, 2.24) is 5.32 Å². The molecule has 0 bridgehead atoms. The summed E-state index contributed by atoms with van der Waals surface area (Å²) in [6.07, 6.45) is 9.70. The summed E-state index contributed by atoms with van der Waals surface area (Å²) in [7, 11) is 1.65. The topological polar surface area (TPSA) is 73.6 Å². The molecule has 5 nitrogen and oxygen atoms in total. The molecule has 0 spiro atoms. The van der Waals surface area contributed by atoms with E-state index in [0.717, 1.165) is 55.6 Å². The van der Waals surface area contributed by atoms with E-state index in [2.05, 4.69) is 5.32 Å². The molecule has 1 aromatic rings. The molecule has 0 unspecified atom stereocenters. The van der Waals surface area contributed by atoms with Crippen LogP contribution in [0.25, 0.3) is 0 Å². The van der Waals surface area contributed by atoms with Crippen molar-refractivity contribution in [1.29, 1.82) is 0 Å². The second kappa shape index (κ2) is 9.47. The molecule has 0 radical (unpaired) electrons. The maximum absolute atomic E-state index is 12.5. The molecule has 26 heavy (non-hydrogen) atoms. The average Bonchev–Trinajstić information content (AvgIpc) is 3.13. The molecule has 2 aliphatic rings. The second-order valence-corrected chi connectivity index (χ2v) is 7.41. The molecule has 0 heterocycles. The number of hydrogen-bond acceptors (Lipinski definition) is 4. The minimum absolute atomic E-state index is 0. The van der Waals surface area contributed by atoms with Gasteiger partial charge in [0.05, 0.1) is 18.8 Å². The number of rotatable bonds is 6. The van der Waals surface area contributed by atoms with Gasteiger partial charge in [0.25, 0.3) is 0 Å². The molecule has 2 saturated carbocycles. The smallest absolute Gasteiger partial charge is 0.240 e. The fourth-order valence-corrected chi connectivity index (χ4v) is 3.88. The lowest BCUT2D eigenvalue weighted by Crippen LogP contribution is -2.54. The van der Waals surface area contributed by atoms with E-state index in [0.29, 0.717) is 6.54 Å². The highest BCUT2D eigenvalue weighted by Gasteiger charge is 2.34. The molecular formula is C20H31ClN2O3. The fourth-order valence-electron chi connectivity index (χ4n) is 3.88. The van der Waals surface area contributed by atoms with Gasteiger partial charge in [0, 0.05) is 6.54 Å². The Bertz CT molecular complexity index is 597. The highest BCUT2D eigenvalue weighted by Crippen LogP contribution is 2.32. The predicted molar refractivity (Wildman–Crippen MR) is 105 cm³/mol. The van der Waals surface area contributed by atoms with Crippen molar-refractivity contribution in [2.75, 3.05) is 7.11 Å². The van der Waals surface area contributed by atoms with Crippen LogP contribution in [-0.2, 0) is 11.3 Å². The van der Waals surface area contributed by atoms with Crippen molar-refractivity contribution in [3.05, 3.63) is 23.8 Å². The molecule has 2 fully saturated rings. The largest absolute Gasteiger partial charge is 0.493 e. The molecule has 6 heteroatoms. The first-order chi connectivity index (χ1) is 12.1. The maximum atomic E-state index is 12.5. The number of amides is 1. The van der Waals surface area contributed by atoms with E-state index in [1.54, 1.807) is 7.11 Å². The van der Waals surface area contributed by atoms with Gasteiger partial charge in [-0.05, 0) is 56.2 Å². The first-order valence-electron chi connectivity index (χ1n) is 9.51. The Morgan fingerprint density at radius 2 is 1.85 bits per heavy atom. The third-order valence-electron chi connectivity index (χ3n) is 5.47. The number of hydrogen-bond donors (Lipinski definition) is 2. The molecule has 2 aliphatic carbocycles. The van der Waals surface area contributed by atoms with Gasteiger partial charge in [-0.1, -0.05) is 25.3 Å². The van der Waals surface area contributed by atoms with Crippen molar-refractivity contribution in [3.63, 3.8) is 0 Å². The summed E-state index contributed by atoms with van der Waals surface area (Å²) in [5.41, 5.74) is 6.60. The molecule has 0 atom stereocenters. The first-order valence-corrected chi connectivity index (χ1v) is 9.51. The van der Waals surface area contributed by atoms with Gasteiger partial charge in [-0.3, -0.25) is 4.79 Å². The van der Waals surface area contributed by atoms with E-state index in [1.807, 2.05) is 18.2 Å². The van der Waals surface area contributed by atoms with Gasteiger partial charge in [0.15, 0.2) is 11.5 Å². The third-order valence-corrected chi connectivity index (χ3v) is 5.47. The molecule has 3 rings (SSSR count).